The molecule has 1 aliphatic rings. The number of aromatic nitrogens is 7. The lowest BCUT2D eigenvalue weighted by Gasteiger charge is -2.18. The van der Waals surface area contributed by atoms with Gasteiger partial charge in [0.25, 0.3) is 11.8 Å². The molecule has 8 aromatic rings. The Bertz CT molecular complexity index is 2640. The first-order chi connectivity index (χ1) is 25.2. The quantitative estimate of drug-likeness (QED) is 0.167. The third kappa shape index (κ3) is 4.95. The van der Waals surface area contributed by atoms with Crippen molar-refractivity contribution < 1.29 is 9.59 Å². The van der Waals surface area contributed by atoms with Gasteiger partial charge in [-0.15, -0.1) is 0 Å². The molecule has 0 unspecified atom stereocenters. The van der Waals surface area contributed by atoms with Crippen molar-refractivity contribution in [2.24, 2.45) is 0 Å². The van der Waals surface area contributed by atoms with Crippen LogP contribution >= 0.6 is 0 Å². The van der Waals surface area contributed by atoms with Crippen LogP contribution in [0.5, 0.6) is 0 Å². The summed E-state index contributed by atoms with van der Waals surface area (Å²) >= 11 is 0. The summed E-state index contributed by atoms with van der Waals surface area (Å²) in [6.45, 7) is 7.38. The molecule has 52 heavy (non-hydrogen) atoms. The third-order valence-corrected chi connectivity index (χ3v) is 9.37. The number of para-hydroxylation sites is 1. The summed E-state index contributed by atoms with van der Waals surface area (Å²) in [5.41, 5.74) is 6.69. The molecule has 4 heterocycles. The Morgan fingerprint density at radius 1 is 0.442 bits per heavy atom. The minimum atomic E-state index is -0.395. The van der Waals surface area contributed by atoms with Crippen LogP contribution in [0.25, 0.3) is 61.4 Å². The number of carbonyl (C=O) groups is 2. The molecule has 10 heteroatoms. The number of rotatable bonds is 5. The molecule has 5 aromatic carbocycles. The standard InChI is InChI=1S/C42H30N8O2/c1-23-43-24(2)46-39(45-23)28-17-19-31-32-20-18-29(40-47-25(3)44-26(4)48-40)22-37(32)49(36(31)21-28)35-16-10-14-33-38(35)42(52)50(41(33)51)34-15-9-8-13-30(34)27-11-6-5-7-12-27/h5-22H,1-4H3. The molecular formula is C42H30N8O2. The lowest BCUT2D eigenvalue weighted by molar-refractivity contribution is 0.0926. The van der Waals surface area contributed by atoms with Gasteiger partial charge in [0.2, 0.25) is 0 Å². The van der Waals surface area contributed by atoms with Crippen molar-refractivity contribution >= 4 is 39.3 Å². The topological polar surface area (TPSA) is 120 Å². The number of aryl methyl sites for hydroxylation is 4. The van der Waals surface area contributed by atoms with Gasteiger partial charge >= 0.3 is 0 Å². The van der Waals surface area contributed by atoms with Crippen molar-refractivity contribution in [3.63, 3.8) is 0 Å². The van der Waals surface area contributed by atoms with Crippen LogP contribution in [0.15, 0.2) is 109 Å². The van der Waals surface area contributed by atoms with E-state index in [1.54, 1.807) is 6.07 Å². The van der Waals surface area contributed by atoms with E-state index in [0.29, 0.717) is 57.4 Å². The van der Waals surface area contributed by atoms with Crippen LogP contribution in [-0.4, -0.2) is 46.3 Å². The van der Waals surface area contributed by atoms with Gasteiger partial charge in [-0.3, -0.25) is 9.59 Å². The molecule has 0 bridgehead atoms. The predicted octanol–water partition coefficient (Wildman–Crippen LogP) is 8.19. The second kappa shape index (κ2) is 11.8. The molecule has 250 valence electrons. The molecule has 0 spiro atoms. The maximum absolute atomic E-state index is 14.7. The molecule has 0 fully saturated rings. The molecule has 0 saturated carbocycles. The van der Waals surface area contributed by atoms with Gasteiger partial charge in [-0.2, -0.15) is 0 Å². The summed E-state index contributed by atoms with van der Waals surface area (Å²) in [5.74, 6) is 2.82. The van der Waals surface area contributed by atoms with E-state index in [9.17, 15) is 9.59 Å². The molecule has 9 rings (SSSR count). The molecule has 2 amide bonds. The second-order valence-corrected chi connectivity index (χ2v) is 12.8. The summed E-state index contributed by atoms with van der Waals surface area (Å²) in [4.78, 5) is 57.6. The van der Waals surface area contributed by atoms with Crippen LogP contribution in [0.2, 0.25) is 0 Å². The van der Waals surface area contributed by atoms with Gasteiger partial charge in [-0.1, -0.05) is 78.9 Å². The van der Waals surface area contributed by atoms with Crippen molar-refractivity contribution in [1.29, 1.82) is 0 Å². The molecule has 0 N–H and O–H groups in total. The molecule has 0 aliphatic carbocycles. The Morgan fingerprint density at radius 2 is 0.942 bits per heavy atom. The fourth-order valence-electron chi connectivity index (χ4n) is 7.25. The van der Waals surface area contributed by atoms with E-state index in [2.05, 4.69) is 34.5 Å². The highest BCUT2D eigenvalue weighted by atomic mass is 16.2. The van der Waals surface area contributed by atoms with E-state index in [0.717, 1.165) is 44.1 Å². The highest BCUT2D eigenvalue weighted by Crippen LogP contribution is 2.41. The molecule has 0 atom stereocenters. The largest absolute Gasteiger partial charge is 0.308 e. The molecule has 3 aromatic heterocycles. The monoisotopic (exact) mass is 678 g/mol. The number of carbonyl (C=O) groups excluding carboxylic acids is 2. The van der Waals surface area contributed by atoms with E-state index in [-0.39, 0.29) is 5.91 Å². The zero-order valence-corrected chi connectivity index (χ0v) is 28.8. The fourth-order valence-corrected chi connectivity index (χ4v) is 7.25. The minimum Gasteiger partial charge on any atom is -0.308 e. The van der Waals surface area contributed by atoms with Crippen molar-refractivity contribution in [3.05, 3.63) is 144 Å². The van der Waals surface area contributed by atoms with Gasteiger partial charge in [0.05, 0.1) is 33.5 Å². The van der Waals surface area contributed by atoms with Gasteiger partial charge in [0.15, 0.2) is 11.6 Å². The second-order valence-electron chi connectivity index (χ2n) is 12.8. The van der Waals surface area contributed by atoms with Crippen LogP contribution in [0.1, 0.15) is 44.0 Å². The van der Waals surface area contributed by atoms with Crippen LogP contribution in [-0.2, 0) is 0 Å². The van der Waals surface area contributed by atoms with Crippen LogP contribution in [0, 0.1) is 27.7 Å². The van der Waals surface area contributed by atoms with Gasteiger partial charge in [-0.05, 0) is 63.6 Å². The number of imide groups is 1. The van der Waals surface area contributed by atoms with Crippen molar-refractivity contribution in [2.45, 2.75) is 27.7 Å². The van der Waals surface area contributed by atoms with E-state index in [1.807, 2.05) is 131 Å². The number of hydrogen-bond acceptors (Lipinski definition) is 8. The highest BCUT2D eigenvalue weighted by molar-refractivity contribution is 6.36. The number of hydrogen-bond donors (Lipinski definition) is 0. The lowest BCUT2D eigenvalue weighted by atomic mass is 10.0. The Labute approximate surface area is 298 Å². The number of anilines is 1. The number of benzene rings is 5. The van der Waals surface area contributed by atoms with Crippen molar-refractivity contribution in [3.8, 4) is 39.6 Å². The normalized spacial score (nSPS) is 12.7. The fraction of sp³-hybridized carbons (Fsp3) is 0.0952. The molecule has 1 aliphatic heterocycles. The zero-order chi connectivity index (χ0) is 35.7. The molecular weight excluding hydrogens is 649 g/mol. The van der Waals surface area contributed by atoms with Crippen molar-refractivity contribution in [1.82, 2.24) is 34.5 Å². The van der Waals surface area contributed by atoms with Gasteiger partial charge in [-0.25, -0.2) is 34.8 Å². The first-order valence-corrected chi connectivity index (χ1v) is 16.9. The van der Waals surface area contributed by atoms with Gasteiger partial charge < -0.3 is 4.57 Å². The average molecular weight is 679 g/mol. The van der Waals surface area contributed by atoms with E-state index in [4.69, 9.17) is 0 Å². The summed E-state index contributed by atoms with van der Waals surface area (Å²) < 4.78 is 2.05. The third-order valence-electron chi connectivity index (χ3n) is 9.37. The summed E-state index contributed by atoms with van der Waals surface area (Å²) in [6.07, 6.45) is 0. The molecule has 0 radical (unpaired) electrons. The van der Waals surface area contributed by atoms with Gasteiger partial charge in [0.1, 0.15) is 23.3 Å². The Hall–Kier alpha value is -6.94. The molecule has 10 nitrogen and oxygen atoms in total. The summed E-state index contributed by atoms with van der Waals surface area (Å²) in [7, 11) is 0. The summed E-state index contributed by atoms with van der Waals surface area (Å²) in [5, 5.41) is 1.91. The van der Waals surface area contributed by atoms with Gasteiger partial charge in [0, 0.05) is 27.5 Å². The number of nitrogens with zero attached hydrogens (tertiary/aromatic N) is 8. The predicted molar refractivity (Wildman–Crippen MR) is 200 cm³/mol. The van der Waals surface area contributed by atoms with Crippen LogP contribution in [0.4, 0.5) is 5.69 Å². The van der Waals surface area contributed by atoms with E-state index >= 15 is 0 Å². The van der Waals surface area contributed by atoms with E-state index < -0.39 is 5.91 Å². The first kappa shape index (κ1) is 31.1. The maximum atomic E-state index is 14.7. The highest BCUT2D eigenvalue weighted by Gasteiger charge is 2.40. The zero-order valence-electron chi connectivity index (χ0n) is 28.8. The van der Waals surface area contributed by atoms with Crippen LogP contribution < -0.4 is 4.90 Å². The average Bonchev–Trinajstić information content (AvgIpc) is 3.60. The number of fused-ring (bicyclic) bond motifs is 4. The summed E-state index contributed by atoms with van der Waals surface area (Å²) in [6, 6.07) is 34.9. The minimum absolute atomic E-state index is 0.323. The number of amides is 2. The lowest BCUT2D eigenvalue weighted by Crippen LogP contribution is -2.30. The Kier molecular flexibility index (Phi) is 7.08. The maximum Gasteiger partial charge on any atom is 0.268 e. The smallest absolute Gasteiger partial charge is 0.268 e. The van der Waals surface area contributed by atoms with E-state index in [1.165, 1.54) is 4.90 Å². The Morgan fingerprint density at radius 3 is 1.52 bits per heavy atom. The SMILES string of the molecule is Cc1nc(C)nc(-c2ccc3c4ccc(-c5nc(C)nc(C)n5)cc4n(-c4cccc5c4C(=O)N(c4ccccc4-c4ccccc4)C5=O)c3c2)n1. The first-order valence-electron chi connectivity index (χ1n) is 16.9. The molecule has 0 saturated heterocycles. The van der Waals surface area contributed by atoms with Crippen molar-refractivity contribution in [2.75, 3.05) is 4.90 Å². The van der Waals surface area contributed by atoms with Crippen LogP contribution in [0.3, 0.4) is 0 Å². The Balaban J connectivity index is 1.30.